The molecule has 0 saturated carbocycles. The van der Waals surface area contributed by atoms with E-state index in [2.05, 4.69) is 0 Å². The molecule has 1 aliphatic rings. The lowest BCUT2D eigenvalue weighted by Crippen LogP contribution is -2.41. The molecule has 4 nitrogen and oxygen atoms in total. The third-order valence-electron chi connectivity index (χ3n) is 5.22. The minimum absolute atomic E-state index is 0.323. The van der Waals surface area contributed by atoms with Crippen molar-refractivity contribution >= 4 is 12.6 Å². The molecule has 1 saturated heterocycles. The summed E-state index contributed by atoms with van der Waals surface area (Å²) in [6.07, 6.45) is 0. The summed E-state index contributed by atoms with van der Waals surface area (Å²) in [5.41, 5.74) is 0.799. The molecule has 6 heteroatoms. The Balaban J connectivity index is 2.15. The van der Waals surface area contributed by atoms with Gasteiger partial charge in [-0.1, -0.05) is 18.2 Å². The summed E-state index contributed by atoms with van der Waals surface area (Å²) in [5.74, 6) is 0.767. The molecule has 0 radical (unpaired) electrons. The van der Waals surface area contributed by atoms with Crippen molar-refractivity contribution in [1.29, 1.82) is 0 Å². The minimum atomic E-state index is -0.619. The molecule has 0 N–H and O–H groups in total. The normalized spacial score (nSPS) is 18.0. The fourth-order valence-electron chi connectivity index (χ4n) is 2.97. The van der Waals surface area contributed by atoms with E-state index in [4.69, 9.17) is 18.8 Å². The molecular weight excluding hydrogens is 334 g/mol. The van der Waals surface area contributed by atoms with Gasteiger partial charge in [0.05, 0.1) is 25.4 Å². The molecule has 2 aromatic carbocycles. The van der Waals surface area contributed by atoms with Gasteiger partial charge in [0, 0.05) is 22.7 Å². The smallest absolute Gasteiger partial charge is 0.497 e. The molecule has 26 heavy (non-hydrogen) atoms. The molecule has 1 heterocycles. The van der Waals surface area contributed by atoms with Crippen LogP contribution in [-0.2, 0) is 9.31 Å². The van der Waals surface area contributed by atoms with Crippen molar-refractivity contribution in [3.8, 4) is 22.6 Å². The van der Waals surface area contributed by atoms with Crippen LogP contribution >= 0.6 is 0 Å². The number of halogens is 1. The second kappa shape index (κ2) is 6.60. The topological polar surface area (TPSA) is 36.9 Å². The van der Waals surface area contributed by atoms with Crippen LogP contribution in [0.4, 0.5) is 4.39 Å². The van der Waals surface area contributed by atoms with Gasteiger partial charge in [0.25, 0.3) is 0 Å². The molecule has 1 fully saturated rings. The van der Waals surface area contributed by atoms with Crippen LogP contribution in [0.5, 0.6) is 11.5 Å². The van der Waals surface area contributed by atoms with Crippen molar-refractivity contribution in [3.05, 3.63) is 42.2 Å². The van der Waals surface area contributed by atoms with Gasteiger partial charge in [-0.05, 0) is 39.8 Å². The quantitative estimate of drug-likeness (QED) is 0.779. The molecule has 0 amide bonds. The Bertz CT molecular complexity index is 803. The first kappa shape index (κ1) is 18.7. The van der Waals surface area contributed by atoms with E-state index in [0.717, 1.165) is 0 Å². The lowest BCUT2D eigenvalue weighted by atomic mass is 9.76. The fourth-order valence-corrected chi connectivity index (χ4v) is 2.97. The summed E-state index contributed by atoms with van der Waals surface area (Å²) in [6, 6.07) is 10.1. The van der Waals surface area contributed by atoms with Crippen molar-refractivity contribution in [1.82, 2.24) is 0 Å². The summed E-state index contributed by atoms with van der Waals surface area (Å²) < 4.78 is 37.7. The van der Waals surface area contributed by atoms with Crippen LogP contribution in [0.2, 0.25) is 0 Å². The van der Waals surface area contributed by atoms with Crippen molar-refractivity contribution in [2.75, 3.05) is 14.2 Å². The van der Waals surface area contributed by atoms with Crippen LogP contribution < -0.4 is 14.9 Å². The molecule has 2 aromatic rings. The first-order valence-electron chi connectivity index (χ1n) is 8.56. The highest BCUT2D eigenvalue weighted by molar-refractivity contribution is 6.63. The van der Waals surface area contributed by atoms with Gasteiger partial charge in [-0.25, -0.2) is 4.39 Å². The Morgan fingerprint density at radius 3 is 1.96 bits per heavy atom. The summed E-state index contributed by atoms with van der Waals surface area (Å²) in [4.78, 5) is 0. The number of hydrogen-bond donors (Lipinski definition) is 0. The molecule has 0 bridgehead atoms. The predicted molar refractivity (Wildman–Crippen MR) is 101 cm³/mol. The molecule has 0 unspecified atom stereocenters. The number of hydrogen-bond acceptors (Lipinski definition) is 4. The predicted octanol–water partition coefficient (Wildman–Crippen LogP) is 3.81. The van der Waals surface area contributed by atoms with Crippen LogP contribution in [0, 0.1) is 5.82 Å². The van der Waals surface area contributed by atoms with E-state index < -0.39 is 18.3 Å². The summed E-state index contributed by atoms with van der Waals surface area (Å²) in [7, 11) is 2.51. The Kier molecular flexibility index (Phi) is 4.75. The molecule has 3 rings (SSSR count). The van der Waals surface area contributed by atoms with Crippen LogP contribution in [0.25, 0.3) is 11.1 Å². The average molecular weight is 358 g/mol. The van der Waals surface area contributed by atoms with Gasteiger partial charge in [-0.15, -0.1) is 0 Å². The van der Waals surface area contributed by atoms with Crippen molar-refractivity contribution in [3.63, 3.8) is 0 Å². The zero-order valence-electron chi connectivity index (χ0n) is 16.1. The van der Waals surface area contributed by atoms with Crippen LogP contribution in [-0.4, -0.2) is 32.5 Å². The third kappa shape index (κ3) is 3.08. The molecule has 1 aliphatic heterocycles. The van der Waals surface area contributed by atoms with Gasteiger partial charge in [-0.3, -0.25) is 0 Å². The van der Waals surface area contributed by atoms with Gasteiger partial charge in [0.1, 0.15) is 17.3 Å². The van der Waals surface area contributed by atoms with E-state index in [-0.39, 0.29) is 5.82 Å². The molecule has 138 valence electrons. The molecule has 0 atom stereocenters. The summed E-state index contributed by atoms with van der Waals surface area (Å²) in [5, 5.41) is 0. The Hall–Kier alpha value is -2.05. The van der Waals surface area contributed by atoms with E-state index in [1.807, 2.05) is 33.8 Å². The lowest BCUT2D eigenvalue weighted by molar-refractivity contribution is 0.00578. The van der Waals surface area contributed by atoms with Gasteiger partial charge in [-0.2, -0.15) is 0 Å². The van der Waals surface area contributed by atoms with Gasteiger partial charge in [0.2, 0.25) is 0 Å². The molecule has 0 spiro atoms. The van der Waals surface area contributed by atoms with Gasteiger partial charge >= 0.3 is 7.12 Å². The first-order valence-corrected chi connectivity index (χ1v) is 8.56. The second-order valence-electron chi connectivity index (χ2n) is 7.36. The average Bonchev–Trinajstić information content (AvgIpc) is 2.81. The van der Waals surface area contributed by atoms with E-state index in [9.17, 15) is 4.39 Å². The standard InChI is InChI=1S/C20H24BFO4/c1-19(2)20(3,4)26-21(25-19)15-11-14(13-9-7-8-10-16(13)22)17(23-5)12-18(15)24-6/h7-12H,1-6H3. The fraction of sp³-hybridized carbons (Fsp3) is 0.400. The van der Waals surface area contributed by atoms with Crippen LogP contribution in [0.1, 0.15) is 27.7 Å². The van der Waals surface area contributed by atoms with Crippen molar-refractivity contribution in [2.45, 2.75) is 38.9 Å². The lowest BCUT2D eigenvalue weighted by Gasteiger charge is -2.32. The molecular formula is C20H24BFO4. The molecule has 0 aliphatic carbocycles. The van der Waals surface area contributed by atoms with Crippen molar-refractivity contribution in [2.24, 2.45) is 0 Å². The highest BCUT2D eigenvalue weighted by atomic mass is 19.1. The molecule has 0 aromatic heterocycles. The Morgan fingerprint density at radius 2 is 1.42 bits per heavy atom. The van der Waals surface area contributed by atoms with Crippen LogP contribution in [0.3, 0.4) is 0 Å². The highest BCUT2D eigenvalue weighted by Crippen LogP contribution is 2.39. The minimum Gasteiger partial charge on any atom is -0.497 e. The number of methoxy groups -OCH3 is 2. The van der Waals surface area contributed by atoms with E-state index in [1.165, 1.54) is 6.07 Å². The first-order chi connectivity index (χ1) is 12.2. The monoisotopic (exact) mass is 358 g/mol. The maximum absolute atomic E-state index is 14.4. The van der Waals surface area contributed by atoms with E-state index in [1.54, 1.807) is 38.5 Å². The summed E-state index contributed by atoms with van der Waals surface area (Å²) in [6.45, 7) is 7.95. The Labute approximate surface area is 154 Å². The zero-order chi connectivity index (χ0) is 19.1. The summed E-state index contributed by atoms with van der Waals surface area (Å²) >= 11 is 0. The Morgan fingerprint density at radius 1 is 0.846 bits per heavy atom. The number of ether oxygens (including phenoxy) is 2. The largest absolute Gasteiger partial charge is 0.498 e. The third-order valence-corrected chi connectivity index (χ3v) is 5.22. The van der Waals surface area contributed by atoms with E-state index >= 15 is 0 Å². The number of benzene rings is 2. The maximum atomic E-state index is 14.4. The van der Waals surface area contributed by atoms with Gasteiger partial charge < -0.3 is 18.8 Å². The van der Waals surface area contributed by atoms with Crippen LogP contribution in [0.15, 0.2) is 36.4 Å². The number of rotatable bonds is 4. The van der Waals surface area contributed by atoms with Gasteiger partial charge in [0.15, 0.2) is 0 Å². The maximum Gasteiger partial charge on any atom is 0.498 e. The second-order valence-corrected chi connectivity index (χ2v) is 7.36. The highest BCUT2D eigenvalue weighted by Gasteiger charge is 2.52. The zero-order valence-corrected chi connectivity index (χ0v) is 16.1. The van der Waals surface area contributed by atoms with Crippen molar-refractivity contribution < 1.29 is 23.2 Å². The van der Waals surface area contributed by atoms with E-state index in [0.29, 0.717) is 28.1 Å². The SMILES string of the molecule is COc1cc(OC)c(-c2ccccc2F)cc1B1OC(C)(C)C(C)(C)O1.